The van der Waals surface area contributed by atoms with Gasteiger partial charge in [-0.25, -0.2) is 8.93 Å². The van der Waals surface area contributed by atoms with Crippen molar-refractivity contribution in [3.8, 4) is 0 Å². The summed E-state index contributed by atoms with van der Waals surface area (Å²) >= 11 is 0. The highest BCUT2D eigenvalue weighted by atomic mass is 32.2. The van der Waals surface area contributed by atoms with Crippen molar-refractivity contribution in [3.63, 3.8) is 0 Å². The molecule has 1 aliphatic rings. The zero-order valence-corrected chi connectivity index (χ0v) is 19.4. The summed E-state index contributed by atoms with van der Waals surface area (Å²) in [6.07, 6.45) is 3.60. The maximum Gasteiger partial charge on any atom is 0.184 e. The molecule has 5 heteroatoms. The van der Waals surface area contributed by atoms with Gasteiger partial charge < -0.3 is 4.43 Å². The molecule has 1 N–H and O–H groups in total. The van der Waals surface area contributed by atoms with E-state index in [1.54, 1.807) is 0 Å². The van der Waals surface area contributed by atoms with Crippen LogP contribution in [0.5, 0.6) is 0 Å². The molecule has 5 atom stereocenters. The molecule has 0 saturated heterocycles. The first kappa shape index (κ1) is 21.8. The number of hydrogen-bond acceptors (Lipinski definition) is 2. The van der Waals surface area contributed by atoms with Gasteiger partial charge in [-0.1, -0.05) is 43.7 Å². The van der Waals surface area contributed by atoms with Crippen molar-refractivity contribution >= 4 is 19.3 Å². The fourth-order valence-corrected chi connectivity index (χ4v) is 6.44. The molecule has 0 amide bonds. The Labute approximate surface area is 164 Å². The van der Waals surface area contributed by atoms with E-state index in [0.717, 1.165) is 12.8 Å². The molecule has 1 fully saturated rings. The Morgan fingerprint density at radius 1 is 1.19 bits per heavy atom. The lowest BCUT2D eigenvalue weighted by Crippen LogP contribution is -2.52. The van der Waals surface area contributed by atoms with Crippen LogP contribution in [0.25, 0.3) is 0 Å². The molecule has 0 radical (unpaired) electrons. The lowest BCUT2D eigenvalue weighted by Gasteiger charge is -2.45. The van der Waals surface area contributed by atoms with E-state index >= 15 is 0 Å². The molecular formula is C21H37NO2SSi. The predicted octanol–water partition coefficient (Wildman–Crippen LogP) is 5.44. The van der Waals surface area contributed by atoms with Gasteiger partial charge >= 0.3 is 0 Å². The maximum absolute atomic E-state index is 13.3. The first-order chi connectivity index (χ1) is 12.0. The third-order valence-electron chi connectivity index (χ3n) is 5.51. The topological polar surface area (TPSA) is 38.3 Å². The summed E-state index contributed by atoms with van der Waals surface area (Å²) in [5.41, 5.74) is 1.17. The molecular weight excluding hydrogens is 358 g/mol. The predicted molar refractivity (Wildman–Crippen MR) is 115 cm³/mol. The fourth-order valence-electron chi connectivity index (χ4n) is 3.97. The first-order valence-electron chi connectivity index (χ1n) is 9.91. The van der Waals surface area contributed by atoms with Crippen molar-refractivity contribution in [3.05, 3.63) is 35.9 Å². The second kappa shape index (κ2) is 8.68. The maximum atomic E-state index is 13.3. The second-order valence-electron chi connectivity index (χ2n) is 9.42. The number of hydrogen-bond donors (Lipinski definition) is 1. The molecule has 0 aromatic heterocycles. The van der Waals surface area contributed by atoms with Gasteiger partial charge in [-0.2, -0.15) is 0 Å². The van der Waals surface area contributed by atoms with Crippen LogP contribution in [0.4, 0.5) is 0 Å². The molecule has 26 heavy (non-hydrogen) atoms. The summed E-state index contributed by atoms with van der Waals surface area (Å²) < 4.78 is 22.9. The molecule has 1 saturated carbocycles. The van der Waals surface area contributed by atoms with Crippen LogP contribution in [0.15, 0.2) is 30.3 Å². The van der Waals surface area contributed by atoms with Crippen LogP contribution < -0.4 is 4.72 Å². The Kier molecular flexibility index (Phi) is 7.28. The minimum absolute atomic E-state index is 0.0650. The van der Waals surface area contributed by atoms with Crippen LogP contribution in [0.1, 0.15) is 58.6 Å². The minimum Gasteiger partial charge on any atom is -0.414 e. The van der Waals surface area contributed by atoms with Gasteiger partial charge in [-0.05, 0) is 64.7 Å². The van der Waals surface area contributed by atoms with Gasteiger partial charge in [-0.3, -0.25) is 0 Å². The van der Waals surface area contributed by atoms with Crippen LogP contribution >= 0.6 is 0 Å². The van der Waals surface area contributed by atoms with E-state index < -0.39 is 19.3 Å². The van der Waals surface area contributed by atoms with Crippen LogP contribution in [0.3, 0.4) is 0 Å². The number of nitrogens with one attached hydrogen (secondary N) is 1. The van der Waals surface area contributed by atoms with E-state index in [1.807, 2.05) is 18.2 Å². The highest BCUT2D eigenvalue weighted by molar-refractivity contribution is 7.84. The third-order valence-corrected chi connectivity index (χ3v) is 8.35. The van der Waals surface area contributed by atoms with Crippen LogP contribution in [0.2, 0.25) is 19.6 Å². The molecule has 1 aromatic rings. The van der Waals surface area contributed by atoms with Gasteiger partial charge in [0, 0.05) is 18.1 Å². The molecule has 0 heterocycles. The lowest BCUT2D eigenvalue weighted by atomic mass is 9.75. The van der Waals surface area contributed by atoms with Crippen molar-refractivity contribution in [2.45, 2.75) is 83.5 Å². The van der Waals surface area contributed by atoms with Crippen LogP contribution in [-0.2, 0) is 15.4 Å². The molecule has 1 aromatic carbocycles. The standard InChI is InChI=1S/C21H37NO2SSi/c1-16-13-14-19(20(15-16)24-26(5,6)7)21(3,4)25(23)22-17(2)18-11-9-8-10-12-18/h8-12,16-17,19-20,22H,13-15H2,1-7H3/t16-,17-,19-,20-,25?/m1/s1. The van der Waals surface area contributed by atoms with E-state index in [4.69, 9.17) is 4.43 Å². The monoisotopic (exact) mass is 395 g/mol. The Morgan fingerprint density at radius 3 is 2.38 bits per heavy atom. The Balaban J connectivity index is 2.13. The van der Waals surface area contributed by atoms with Crippen LogP contribution in [-0.4, -0.2) is 23.4 Å². The van der Waals surface area contributed by atoms with E-state index in [9.17, 15) is 4.21 Å². The summed E-state index contributed by atoms with van der Waals surface area (Å²) in [5.74, 6) is 1.01. The van der Waals surface area contributed by atoms with E-state index in [-0.39, 0.29) is 16.9 Å². The van der Waals surface area contributed by atoms with Crippen molar-refractivity contribution in [2.24, 2.45) is 11.8 Å². The molecule has 1 aliphatic carbocycles. The molecule has 148 valence electrons. The fraction of sp³-hybridized carbons (Fsp3) is 0.714. The van der Waals surface area contributed by atoms with Crippen LogP contribution in [0, 0.1) is 11.8 Å². The summed E-state index contributed by atoms with van der Waals surface area (Å²) in [6, 6.07) is 10.3. The van der Waals surface area contributed by atoms with E-state index in [2.05, 4.69) is 64.2 Å². The van der Waals surface area contributed by atoms with Crippen molar-refractivity contribution < 1.29 is 8.63 Å². The van der Waals surface area contributed by atoms with Gasteiger partial charge in [-0.15, -0.1) is 0 Å². The Hall–Kier alpha value is -0.493. The summed E-state index contributed by atoms with van der Waals surface area (Å²) in [7, 11) is -2.77. The Morgan fingerprint density at radius 2 is 1.81 bits per heavy atom. The summed E-state index contributed by atoms with van der Waals surface area (Å²) in [6.45, 7) is 15.5. The zero-order valence-electron chi connectivity index (χ0n) is 17.5. The van der Waals surface area contributed by atoms with Crippen molar-refractivity contribution in [2.75, 3.05) is 0 Å². The highest BCUT2D eigenvalue weighted by Gasteiger charge is 2.44. The molecule has 0 spiro atoms. The summed E-state index contributed by atoms with van der Waals surface area (Å²) in [5, 5.41) is 0. The molecule has 3 nitrogen and oxygen atoms in total. The minimum atomic E-state index is -1.63. The quantitative estimate of drug-likeness (QED) is 0.625. The van der Waals surface area contributed by atoms with E-state index in [0.29, 0.717) is 11.8 Å². The normalized spacial score (nSPS) is 27.1. The molecule has 0 aliphatic heterocycles. The SMILES string of the molecule is C[C@@H]1CC[C@@H](C(C)(C)S(=O)N[C@H](C)c2ccccc2)[C@H](O[Si](C)(C)C)C1. The van der Waals surface area contributed by atoms with Crippen molar-refractivity contribution in [1.82, 2.24) is 4.72 Å². The highest BCUT2D eigenvalue weighted by Crippen LogP contribution is 2.41. The number of rotatable bonds is 7. The average molecular weight is 396 g/mol. The van der Waals surface area contributed by atoms with Gasteiger partial charge in [0.05, 0.1) is 15.7 Å². The average Bonchev–Trinajstić information content (AvgIpc) is 2.53. The molecule has 0 bridgehead atoms. The molecule has 2 rings (SSSR count). The third kappa shape index (κ3) is 5.75. The van der Waals surface area contributed by atoms with Crippen molar-refractivity contribution in [1.29, 1.82) is 0 Å². The van der Waals surface area contributed by atoms with Gasteiger partial charge in [0.2, 0.25) is 0 Å². The summed E-state index contributed by atoms with van der Waals surface area (Å²) in [4.78, 5) is 0. The largest absolute Gasteiger partial charge is 0.414 e. The lowest BCUT2D eigenvalue weighted by molar-refractivity contribution is 0.0478. The molecule has 1 unspecified atom stereocenters. The first-order valence-corrected chi connectivity index (χ1v) is 14.5. The number of benzene rings is 1. The Bertz CT molecular complexity index is 600. The van der Waals surface area contributed by atoms with Gasteiger partial charge in [0.15, 0.2) is 8.32 Å². The van der Waals surface area contributed by atoms with Gasteiger partial charge in [0.1, 0.15) is 0 Å². The van der Waals surface area contributed by atoms with E-state index in [1.165, 1.54) is 12.0 Å². The van der Waals surface area contributed by atoms with Gasteiger partial charge in [0.25, 0.3) is 0 Å². The zero-order chi connectivity index (χ0) is 19.5. The second-order valence-corrected chi connectivity index (χ2v) is 15.7. The smallest absolute Gasteiger partial charge is 0.184 e.